The summed E-state index contributed by atoms with van der Waals surface area (Å²) in [4.78, 5) is 0. The number of nitrogens with zero attached hydrogens (tertiary/aromatic N) is 4. The summed E-state index contributed by atoms with van der Waals surface area (Å²) in [5.74, 6) is 0. The van der Waals surface area contributed by atoms with Crippen LogP contribution in [0.3, 0.4) is 0 Å². The fourth-order valence-electron chi connectivity index (χ4n) is 1.48. The molecule has 2 aromatic rings. The van der Waals surface area contributed by atoms with Gasteiger partial charge in [0, 0.05) is 38.1 Å². The van der Waals surface area contributed by atoms with Crippen molar-refractivity contribution in [2.45, 2.75) is 19.6 Å². The molecule has 7 heteroatoms. The number of halogens is 2. The summed E-state index contributed by atoms with van der Waals surface area (Å²) in [5, 5.41) is 10.9. The second-order valence-electron chi connectivity index (χ2n) is 3.69. The Morgan fingerprint density at radius 1 is 1.41 bits per heavy atom. The highest BCUT2D eigenvalue weighted by Gasteiger charge is 2.06. The second-order valence-corrected chi connectivity index (χ2v) is 3.69. The van der Waals surface area contributed by atoms with Crippen molar-refractivity contribution < 1.29 is 8.78 Å². The van der Waals surface area contributed by atoms with Crippen LogP contribution in [0, 0.1) is 0 Å². The molecule has 5 nitrogen and oxygen atoms in total. The van der Waals surface area contributed by atoms with E-state index in [-0.39, 0.29) is 0 Å². The lowest BCUT2D eigenvalue weighted by molar-refractivity contribution is 0.0561. The number of aryl methyl sites for hydroxylation is 1. The quantitative estimate of drug-likeness (QED) is 0.858. The van der Waals surface area contributed by atoms with Gasteiger partial charge in [0.05, 0.1) is 11.9 Å². The van der Waals surface area contributed by atoms with Crippen molar-refractivity contribution in [2.75, 3.05) is 0 Å². The lowest BCUT2D eigenvalue weighted by Crippen LogP contribution is -2.13. The summed E-state index contributed by atoms with van der Waals surface area (Å²) in [5.41, 5.74) is 1.63. The molecule has 0 fully saturated rings. The van der Waals surface area contributed by atoms with E-state index < -0.39 is 6.55 Å². The van der Waals surface area contributed by atoms with Gasteiger partial charge in [-0.1, -0.05) is 0 Å². The van der Waals surface area contributed by atoms with Gasteiger partial charge >= 0.3 is 6.55 Å². The van der Waals surface area contributed by atoms with Gasteiger partial charge in [0.2, 0.25) is 0 Å². The van der Waals surface area contributed by atoms with Crippen molar-refractivity contribution in [1.29, 1.82) is 0 Å². The minimum absolute atomic E-state index is 0.453. The van der Waals surface area contributed by atoms with E-state index in [1.807, 2.05) is 13.2 Å². The van der Waals surface area contributed by atoms with E-state index in [1.54, 1.807) is 16.9 Å². The molecule has 17 heavy (non-hydrogen) atoms. The molecular weight excluding hydrogens is 228 g/mol. The van der Waals surface area contributed by atoms with Crippen LogP contribution in [0.5, 0.6) is 0 Å². The molecule has 2 heterocycles. The Labute approximate surface area is 97.0 Å². The van der Waals surface area contributed by atoms with E-state index in [0.29, 0.717) is 23.5 Å². The minimum Gasteiger partial charge on any atom is -0.307 e. The number of rotatable bonds is 5. The Kier molecular flexibility index (Phi) is 3.48. The van der Waals surface area contributed by atoms with Crippen LogP contribution < -0.4 is 5.32 Å². The fraction of sp³-hybridized carbons (Fsp3) is 0.400. The third kappa shape index (κ3) is 3.10. The molecule has 0 atom stereocenters. The van der Waals surface area contributed by atoms with E-state index in [9.17, 15) is 8.78 Å². The van der Waals surface area contributed by atoms with Crippen LogP contribution in [-0.4, -0.2) is 19.6 Å². The third-order valence-corrected chi connectivity index (χ3v) is 2.26. The largest absolute Gasteiger partial charge is 0.333 e. The van der Waals surface area contributed by atoms with Crippen LogP contribution in [0.1, 0.15) is 17.8 Å². The van der Waals surface area contributed by atoms with E-state index in [1.165, 1.54) is 6.20 Å². The van der Waals surface area contributed by atoms with Gasteiger partial charge in [0.25, 0.3) is 0 Å². The monoisotopic (exact) mass is 241 g/mol. The van der Waals surface area contributed by atoms with E-state index in [0.717, 1.165) is 5.56 Å². The molecule has 2 aromatic heterocycles. The zero-order chi connectivity index (χ0) is 12.3. The van der Waals surface area contributed by atoms with Gasteiger partial charge in [-0.3, -0.25) is 4.68 Å². The van der Waals surface area contributed by atoms with Crippen molar-refractivity contribution in [3.8, 4) is 0 Å². The predicted octanol–water partition coefficient (Wildman–Crippen LogP) is 1.30. The Morgan fingerprint density at radius 2 is 2.24 bits per heavy atom. The van der Waals surface area contributed by atoms with Crippen LogP contribution in [0.15, 0.2) is 24.7 Å². The first kappa shape index (κ1) is 11.7. The van der Waals surface area contributed by atoms with Crippen LogP contribution in [0.2, 0.25) is 0 Å². The van der Waals surface area contributed by atoms with Gasteiger partial charge in [0.15, 0.2) is 0 Å². The molecule has 0 saturated carbocycles. The number of alkyl halides is 2. The highest BCUT2D eigenvalue weighted by molar-refractivity contribution is 5.04. The molecular formula is C10H13F2N5. The lowest BCUT2D eigenvalue weighted by Gasteiger charge is -2.00. The first-order chi connectivity index (χ1) is 8.15. The molecule has 0 aromatic carbocycles. The first-order valence-electron chi connectivity index (χ1n) is 5.15. The van der Waals surface area contributed by atoms with Crippen LogP contribution in [-0.2, 0) is 20.1 Å². The summed E-state index contributed by atoms with van der Waals surface area (Å²) < 4.78 is 26.8. The third-order valence-electron chi connectivity index (χ3n) is 2.26. The molecule has 0 aliphatic carbocycles. The summed E-state index contributed by atoms with van der Waals surface area (Å²) in [6, 6.07) is 1.57. The highest BCUT2D eigenvalue weighted by Crippen LogP contribution is 2.08. The molecule has 0 bridgehead atoms. The molecule has 0 unspecified atom stereocenters. The zero-order valence-corrected chi connectivity index (χ0v) is 9.35. The number of nitrogens with one attached hydrogen (secondary N) is 1. The van der Waals surface area contributed by atoms with Gasteiger partial charge < -0.3 is 5.32 Å². The van der Waals surface area contributed by atoms with E-state index in [2.05, 4.69) is 15.5 Å². The highest BCUT2D eigenvalue weighted by atomic mass is 19.3. The smallest absolute Gasteiger partial charge is 0.307 e. The van der Waals surface area contributed by atoms with Crippen molar-refractivity contribution >= 4 is 0 Å². The molecule has 2 rings (SSSR count). The molecule has 0 amide bonds. The van der Waals surface area contributed by atoms with E-state index in [4.69, 9.17) is 0 Å². The predicted molar refractivity (Wildman–Crippen MR) is 57.2 cm³/mol. The fourth-order valence-corrected chi connectivity index (χ4v) is 1.48. The zero-order valence-electron chi connectivity index (χ0n) is 9.35. The Bertz CT molecular complexity index is 477. The Balaban J connectivity index is 1.81. The summed E-state index contributed by atoms with van der Waals surface area (Å²) in [6.07, 6.45) is 4.92. The van der Waals surface area contributed by atoms with Crippen molar-refractivity contribution in [3.05, 3.63) is 35.9 Å². The first-order valence-corrected chi connectivity index (χ1v) is 5.15. The number of aromatic nitrogens is 4. The van der Waals surface area contributed by atoms with Gasteiger partial charge in [-0.2, -0.15) is 19.0 Å². The average molecular weight is 241 g/mol. The summed E-state index contributed by atoms with van der Waals surface area (Å²) in [6.45, 7) is -1.49. The average Bonchev–Trinajstić information content (AvgIpc) is 2.88. The van der Waals surface area contributed by atoms with Gasteiger partial charge in [0.1, 0.15) is 0 Å². The van der Waals surface area contributed by atoms with Crippen LogP contribution in [0.4, 0.5) is 8.78 Å². The van der Waals surface area contributed by atoms with Gasteiger partial charge in [-0.15, -0.1) is 0 Å². The molecule has 0 radical (unpaired) electrons. The van der Waals surface area contributed by atoms with Crippen molar-refractivity contribution in [2.24, 2.45) is 7.05 Å². The Hall–Kier alpha value is -1.76. The maximum absolute atomic E-state index is 12.2. The summed E-state index contributed by atoms with van der Waals surface area (Å²) in [7, 11) is 1.84. The van der Waals surface area contributed by atoms with Crippen LogP contribution >= 0.6 is 0 Å². The summed E-state index contributed by atoms with van der Waals surface area (Å²) >= 11 is 0. The topological polar surface area (TPSA) is 47.7 Å². The van der Waals surface area contributed by atoms with E-state index >= 15 is 0 Å². The maximum atomic E-state index is 12.2. The van der Waals surface area contributed by atoms with Crippen molar-refractivity contribution in [3.63, 3.8) is 0 Å². The van der Waals surface area contributed by atoms with Crippen LogP contribution in [0.25, 0.3) is 0 Å². The normalized spacial score (nSPS) is 11.3. The minimum atomic E-state index is -2.58. The molecule has 0 saturated heterocycles. The SMILES string of the molecule is Cn1cc(CNCc2ccn(C(F)F)n2)cn1. The molecule has 0 aliphatic heterocycles. The molecule has 0 spiro atoms. The molecule has 1 N–H and O–H groups in total. The molecule has 0 aliphatic rings. The second kappa shape index (κ2) is 5.05. The standard InChI is InChI=1S/C10H13F2N5/c1-16-7-8(5-14-16)4-13-6-9-2-3-17(15-9)10(11)12/h2-3,5,7,10,13H,4,6H2,1H3. The number of hydrogen-bond donors (Lipinski definition) is 1. The van der Waals surface area contributed by atoms with Gasteiger partial charge in [-0.05, 0) is 6.07 Å². The van der Waals surface area contributed by atoms with Crippen molar-refractivity contribution in [1.82, 2.24) is 24.9 Å². The maximum Gasteiger partial charge on any atom is 0.333 e. The molecule has 92 valence electrons. The number of hydrogen-bond acceptors (Lipinski definition) is 3. The Morgan fingerprint density at radius 3 is 2.82 bits per heavy atom. The lowest BCUT2D eigenvalue weighted by atomic mass is 10.3. The van der Waals surface area contributed by atoms with Gasteiger partial charge in [-0.25, -0.2) is 4.68 Å².